The lowest BCUT2D eigenvalue weighted by Gasteiger charge is -2.11. The molecule has 0 atom stereocenters. The molecule has 2 aromatic heterocycles. The van der Waals surface area contributed by atoms with Crippen LogP contribution < -0.4 is 10.6 Å². The number of aromatic nitrogens is 3. The zero-order valence-corrected chi connectivity index (χ0v) is 14.4. The quantitative estimate of drug-likeness (QED) is 0.524. The maximum Gasteiger partial charge on any atom is 0.191 e. The molecule has 0 aliphatic carbocycles. The molecule has 0 aliphatic heterocycles. The van der Waals surface area contributed by atoms with Crippen molar-refractivity contribution in [2.24, 2.45) is 4.99 Å². The van der Waals surface area contributed by atoms with Crippen LogP contribution in [0.5, 0.6) is 0 Å². The lowest BCUT2D eigenvalue weighted by atomic mass is 10.1. The minimum absolute atomic E-state index is 0.0688. The predicted molar refractivity (Wildman–Crippen MR) is 95.9 cm³/mol. The summed E-state index contributed by atoms with van der Waals surface area (Å²) in [6.45, 7) is 3.29. The second-order valence-electron chi connectivity index (χ2n) is 5.62. The van der Waals surface area contributed by atoms with Gasteiger partial charge in [0.1, 0.15) is 18.2 Å². The summed E-state index contributed by atoms with van der Waals surface area (Å²) in [5.74, 6) is 0.183. The molecule has 0 bridgehead atoms. The molecule has 8 heteroatoms. The molecule has 136 valence electrons. The van der Waals surface area contributed by atoms with Gasteiger partial charge >= 0.3 is 0 Å². The zero-order valence-electron chi connectivity index (χ0n) is 14.4. The van der Waals surface area contributed by atoms with Crippen LogP contribution in [-0.2, 0) is 13.0 Å². The number of fused-ring (bicyclic) bond motifs is 1. The summed E-state index contributed by atoms with van der Waals surface area (Å²) >= 11 is 0. The topological polar surface area (TPSA) is 66.6 Å². The summed E-state index contributed by atoms with van der Waals surface area (Å²) in [5, 5.41) is 14.4. The fraction of sp³-hybridized carbons (Fsp3) is 0.278. The normalized spacial score (nSPS) is 11.7. The minimum atomic E-state index is -0.538. The first-order valence-corrected chi connectivity index (χ1v) is 8.42. The molecule has 0 amide bonds. The SMILES string of the molecule is CCNC(=NCc1nnc2ccccn12)NCCc1c(F)cccc1F. The molecule has 1 aromatic carbocycles. The van der Waals surface area contributed by atoms with Crippen molar-refractivity contribution in [3.8, 4) is 0 Å². The number of nitrogens with zero attached hydrogens (tertiary/aromatic N) is 4. The number of benzene rings is 1. The van der Waals surface area contributed by atoms with E-state index in [1.807, 2.05) is 35.7 Å². The standard InChI is InChI=1S/C18H20F2N6/c1-2-21-18(22-10-9-13-14(19)6-5-7-15(13)20)23-12-17-25-24-16-8-3-4-11-26(16)17/h3-8,11H,2,9-10,12H2,1H3,(H2,21,22,23). The predicted octanol–water partition coefficient (Wildman–Crippen LogP) is 2.31. The van der Waals surface area contributed by atoms with Gasteiger partial charge in [0.2, 0.25) is 0 Å². The van der Waals surface area contributed by atoms with E-state index in [9.17, 15) is 8.78 Å². The molecule has 0 unspecified atom stereocenters. The number of nitrogens with one attached hydrogen (secondary N) is 2. The third-order valence-corrected chi connectivity index (χ3v) is 3.84. The van der Waals surface area contributed by atoms with Gasteiger partial charge < -0.3 is 10.6 Å². The fourth-order valence-electron chi connectivity index (χ4n) is 2.57. The lowest BCUT2D eigenvalue weighted by Crippen LogP contribution is -2.38. The highest BCUT2D eigenvalue weighted by Crippen LogP contribution is 2.12. The van der Waals surface area contributed by atoms with Crippen LogP contribution in [-0.4, -0.2) is 33.6 Å². The third-order valence-electron chi connectivity index (χ3n) is 3.84. The average molecular weight is 358 g/mol. The van der Waals surface area contributed by atoms with Gasteiger partial charge in [0.05, 0.1) is 0 Å². The zero-order chi connectivity index (χ0) is 18.4. The Balaban J connectivity index is 1.64. The van der Waals surface area contributed by atoms with Gasteiger partial charge in [-0.05, 0) is 37.6 Å². The van der Waals surface area contributed by atoms with Crippen LogP contribution in [0.1, 0.15) is 18.3 Å². The number of hydrogen-bond donors (Lipinski definition) is 2. The van der Waals surface area contributed by atoms with Gasteiger partial charge in [-0.2, -0.15) is 0 Å². The van der Waals surface area contributed by atoms with E-state index in [1.165, 1.54) is 18.2 Å². The van der Waals surface area contributed by atoms with Crippen LogP contribution in [0.4, 0.5) is 8.78 Å². The van der Waals surface area contributed by atoms with Crippen molar-refractivity contribution in [3.63, 3.8) is 0 Å². The van der Waals surface area contributed by atoms with Crippen LogP contribution in [0.3, 0.4) is 0 Å². The van der Waals surface area contributed by atoms with Gasteiger partial charge in [-0.1, -0.05) is 12.1 Å². The molecule has 2 heterocycles. The van der Waals surface area contributed by atoms with Crippen LogP contribution >= 0.6 is 0 Å². The molecule has 0 saturated carbocycles. The second kappa shape index (κ2) is 8.37. The largest absolute Gasteiger partial charge is 0.357 e. The summed E-state index contributed by atoms with van der Waals surface area (Å²) < 4.78 is 29.2. The number of rotatable bonds is 6. The first-order chi connectivity index (χ1) is 12.7. The Morgan fingerprint density at radius 3 is 2.65 bits per heavy atom. The molecule has 0 fully saturated rings. The van der Waals surface area contributed by atoms with E-state index in [4.69, 9.17) is 0 Å². The number of hydrogen-bond acceptors (Lipinski definition) is 3. The Labute approximate surface area is 150 Å². The molecule has 0 spiro atoms. The van der Waals surface area contributed by atoms with Crippen molar-refractivity contribution in [1.29, 1.82) is 0 Å². The maximum atomic E-state index is 13.7. The van der Waals surface area contributed by atoms with E-state index in [0.29, 0.717) is 31.4 Å². The van der Waals surface area contributed by atoms with Gasteiger partial charge in [-0.25, -0.2) is 13.8 Å². The Hall–Kier alpha value is -3.03. The molecule has 0 radical (unpaired) electrons. The summed E-state index contributed by atoms with van der Waals surface area (Å²) in [7, 11) is 0. The molecule has 2 N–H and O–H groups in total. The van der Waals surface area contributed by atoms with Gasteiger partial charge in [0, 0.05) is 24.8 Å². The highest BCUT2D eigenvalue weighted by atomic mass is 19.1. The molecular weight excluding hydrogens is 338 g/mol. The van der Waals surface area contributed by atoms with Gasteiger partial charge in [-0.3, -0.25) is 4.40 Å². The Kier molecular flexibility index (Phi) is 5.73. The molecule has 0 aliphatic rings. The van der Waals surface area contributed by atoms with Crippen molar-refractivity contribution in [2.45, 2.75) is 19.9 Å². The Morgan fingerprint density at radius 1 is 1.08 bits per heavy atom. The molecule has 0 saturated heterocycles. The average Bonchev–Trinajstić information content (AvgIpc) is 3.05. The third kappa shape index (κ3) is 4.14. The highest BCUT2D eigenvalue weighted by molar-refractivity contribution is 5.79. The number of pyridine rings is 1. The summed E-state index contributed by atoms with van der Waals surface area (Å²) in [4.78, 5) is 4.47. The second-order valence-corrected chi connectivity index (χ2v) is 5.62. The van der Waals surface area contributed by atoms with E-state index in [1.54, 1.807) is 0 Å². The summed E-state index contributed by atoms with van der Waals surface area (Å²) in [6.07, 6.45) is 2.10. The number of halogens is 2. The molecular formula is C18H20F2N6. The number of aliphatic imine (C=N–C) groups is 1. The van der Waals surface area contributed by atoms with E-state index < -0.39 is 11.6 Å². The lowest BCUT2D eigenvalue weighted by molar-refractivity contribution is 0.553. The van der Waals surface area contributed by atoms with Crippen LogP contribution in [0.25, 0.3) is 5.65 Å². The van der Waals surface area contributed by atoms with Crippen LogP contribution in [0, 0.1) is 11.6 Å². The molecule has 3 rings (SSSR count). The van der Waals surface area contributed by atoms with Crippen LogP contribution in [0.2, 0.25) is 0 Å². The van der Waals surface area contributed by atoms with Crippen molar-refractivity contribution in [3.05, 3.63) is 65.6 Å². The summed E-state index contributed by atoms with van der Waals surface area (Å²) in [5.41, 5.74) is 0.824. The van der Waals surface area contributed by atoms with E-state index >= 15 is 0 Å². The van der Waals surface area contributed by atoms with E-state index in [0.717, 1.165) is 5.65 Å². The molecule has 3 aromatic rings. The first-order valence-electron chi connectivity index (χ1n) is 8.42. The Morgan fingerprint density at radius 2 is 1.88 bits per heavy atom. The highest BCUT2D eigenvalue weighted by Gasteiger charge is 2.09. The van der Waals surface area contributed by atoms with Crippen molar-refractivity contribution in [1.82, 2.24) is 25.2 Å². The van der Waals surface area contributed by atoms with Crippen molar-refractivity contribution < 1.29 is 8.78 Å². The van der Waals surface area contributed by atoms with Gasteiger partial charge in [-0.15, -0.1) is 10.2 Å². The first kappa shape index (κ1) is 17.8. The van der Waals surface area contributed by atoms with Gasteiger partial charge in [0.25, 0.3) is 0 Å². The smallest absolute Gasteiger partial charge is 0.191 e. The Bertz CT molecular complexity index is 885. The number of guanidine groups is 1. The summed E-state index contributed by atoms with van der Waals surface area (Å²) in [6, 6.07) is 9.53. The maximum absolute atomic E-state index is 13.7. The fourth-order valence-corrected chi connectivity index (χ4v) is 2.57. The monoisotopic (exact) mass is 358 g/mol. The van der Waals surface area contributed by atoms with Crippen molar-refractivity contribution >= 4 is 11.6 Å². The van der Waals surface area contributed by atoms with E-state index in [2.05, 4.69) is 25.8 Å². The van der Waals surface area contributed by atoms with E-state index in [-0.39, 0.29) is 12.0 Å². The van der Waals surface area contributed by atoms with Crippen LogP contribution in [0.15, 0.2) is 47.6 Å². The minimum Gasteiger partial charge on any atom is -0.357 e. The van der Waals surface area contributed by atoms with Crippen molar-refractivity contribution in [2.75, 3.05) is 13.1 Å². The van der Waals surface area contributed by atoms with Gasteiger partial charge in [0.15, 0.2) is 17.4 Å². The molecule has 26 heavy (non-hydrogen) atoms. The molecule has 6 nitrogen and oxygen atoms in total.